The number of rotatable bonds is 3. The molecule has 7 nitrogen and oxygen atoms in total. The van der Waals surface area contributed by atoms with E-state index >= 15 is 0 Å². The molecule has 3 aromatic heterocycles. The number of aryl methyl sites for hydroxylation is 1. The minimum atomic E-state index is -0.104. The van der Waals surface area contributed by atoms with E-state index in [1.54, 1.807) is 0 Å². The Morgan fingerprint density at radius 1 is 1.07 bits per heavy atom. The van der Waals surface area contributed by atoms with Gasteiger partial charge in [-0.15, -0.1) is 0 Å². The molecule has 1 unspecified atom stereocenters. The largest absolute Gasteiger partial charge is 0.367 e. The molecule has 0 amide bonds. The number of fused-ring (bicyclic) bond motifs is 3. The molecule has 1 aliphatic carbocycles. The Bertz CT molecular complexity index is 1130. The summed E-state index contributed by atoms with van der Waals surface area (Å²) in [4.78, 5) is 5.32. The predicted octanol–water partition coefficient (Wildman–Crippen LogP) is 3.08. The molecular formula is C23H27N7. The van der Waals surface area contributed by atoms with Crippen LogP contribution >= 0.6 is 0 Å². The molecule has 30 heavy (non-hydrogen) atoms. The fraction of sp³-hybridized carbons (Fsp3) is 0.522. The van der Waals surface area contributed by atoms with Gasteiger partial charge in [-0.2, -0.15) is 15.5 Å². The minimum absolute atomic E-state index is 0.104. The van der Waals surface area contributed by atoms with Gasteiger partial charge in [-0.25, -0.2) is 4.52 Å². The third-order valence-corrected chi connectivity index (χ3v) is 7.47. The van der Waals surface area contributed by atoms with Crippen LogP contribution in [0.2, 0.25) is 0 Å². The van der Waals surface area contributed by atoms with Crippen LogP contribution in [-0.2, 0) is 7.05 Å². The normalized spacial score (nSPS) is 31.1. The first-order chi connectivity index (χ1) is 14.5. The highest BCUT2D eigenvalue weighted by atomic mass is 15.4. The number of hydrogen-bond donors (Lipinski definition) is 0. The van der Waals surface area contributed by atoms with Crippen LogP contribution in [0, 0.1) is 16.7 Å². The number of nitrogens with zero attached hydrogens (tertiary/aromatic N) is 7. The van der Waals surface area contributed by atoms with Crippen molar-refractivity contribution in [3.05, 3.63) is 36.9 Å². The van der Waals surface area contributed by atoms with Gasteiger partial charge in [0.1, 0.15) is 0 Å². The van der Waals surface area contributed by atoms with E-state index in [4.69, 9.17) is 0 Å². The van der Waals surface area contributed by atoms with E-state index in [-0.39, 0.29) is 5.41 Å². The molecule has 0 radical (unpaired) electrons. The van der Waals surface area contributed by atoms with Gasteiger partial charge in [-0.3, -0.25) is 9.58 Å². The fourth-order valence-electron chi connectivity index (χ4n) is 6.01. The Hall–Kier alpha value is -2.85. The molecule has 0 aromatic carbocycles. The molecule has 2 aliphatic heterocycles. The van der Waals surface area contributed by atoms with Crippen molar-refractivity contribution >= 4 is 11.2 Å². The summed E-state index contributed by atoms with van der Waals surface area (Å²) < 4.78 is 3.83. The second kappa shape index (κ2) is 6.32. The summed E-state index contributed by atoms with van der Waals surface area (Å²) in [5.41, 5.74) is 4.59. The summed E-state index contributed by atoms with van der Waals surface area (Å²) in [7, 11) is 1.94. The Morgan fingerprint density at radius 2 is 1.83 bits per heavy atom. The maximum Gasteiger partial charge on any atom is 0.0886 e. The number of anilines is 1. The molecule has 3 aliphatic rings. The Morgan fingerprint density at radius 3 is 2.50 bits per heavy atom. The third-order valence-electron chi connectivity index (χ3n) is 7.47. The zero-order valence-electron chi connectivity index (χ0n) is 17.6. The van der Waals surface area contributed by atoms with Gasteiger partial charge in [0, 0.05) is 68.0 Å². The molecule has 154 valence electrons. The molecule has 0 N–H and O–H groups in total. The summed E-state index contributed by atoms with van der Waals surface area (Å²) >= 11 is 0. The lowest BCUT2D eigenvalue weighted by atomic mass is 9.67. The van der Waals surface area contributed by atoms with Gasteiger partial charge in [0.15, 0.2) is 0 Å². The summed E-state index contributed by atoms with van der Waals surface area (Å²) in [5.74, 6) is 0. The highest BCUT2D eigenvalue weighted by Crippen LogP contribution is 2.47. The van der Waals surface area contributed by atoms with Crippen molar-refractivity contribution in [1.82, 2.24) is 24.3 Å². The van der Waals surface area contributed by atoms with Crippen LogP contribution < -0.4 is 4.90 Å². The molecule has 0 spiro atoms. The summed E-state index contributed by atoms with van der Waals surface area (Å²) in [5, 5.41) is 18.3. The summed E-state index contributed by atoms with van der Waals surface area (Å²) in [6.45, 7) is 4.23. The van der Waals surface area contributed by atoms with Crippen molar-refractivity contribution in [2.45, 2.75) is 50.7 Å². The van der Waals surface area contributed by atoms with E-state index in [1.165, 1.54) is 18.5 Å². The average Bonchev–Trinajstić information content (AvgIpc) is 3.40. The lowest BCUT2D eigenvalue weighted by molar-refractivity contribution is 0.00679. The highest BCUT2D eigenvalue weighted by Gasteiger charge is 2.51. The van der Waals surface area contributed by atoms with Crippen molar-refractivity contribution in [2.75, 3.05) is 18.0 Å². The predicted molar refractivity (Wildman–Crippen MR) is 115 cm³/mol. The van der Waals surface area contributed by atoms with Crippen LogP contribution in [0.5, 0.6) is 0 Å². The molecule has 6 rings (SSSR count). The Kier molecular flexibility index (Phi) is 3.79. The molecule has 3 fully saturated rings. The van der Waals surface area contributed by atoms with Crippen molar-refractivity contribution < 1.29 is 0 Å². The molecule has 2 bridgehead atoms. The molecule has 1 saturated carbocycles. The van der Waals surface area contributed by atoms with E-state index in [9.17, 15) is 5.26 Å². The Labute approximate surface area is 176 Å². The van der Waals surface area contributed by atoms with Crippen molar-refractivity contribution in [1.29, 1.82) is 5.26 Å². The number of aromatic nitrogens is 4. The summed E-state index contributed by atoms with van der Waals surface area (Å²) in [6, 6.07) is 8.70. The van der Waals surface area contributed by atoms with Crippen molar-refractivity contribution in [2.24, 2.45) is 12.5 Å². The van der Waals surface area contributed by atoms with Crippen LogP contribution in [-0.4, -0.2) is 55.5 Å². The monoisotopic (exact) mass is 401 g/mol. The van der Waals surface area contributed by atoms with Crippen molar-refractivity contribution in [3.63, 3.8) is 0 Å². The smallest absolute Gasteiger partial charge is 0.0886 e. The quantitative estimate of drug-likeness (QED) is 0.675. The second-order valence-corrected chi connectivity index (χ2v) is 9.65. The topological polar surface area (TPSA) is 65.4 Å². The van der Waals surface area contributed by atoms with Gasteiger partial charge in [-0.1, -0.05) is 0 Å². The summed E-state index contributed by atoms with van der Waals surface area (Å²) in [6.07, 6.45) is 12.6. The first-order valence-corrected chi connectivity index (χ1v) is 10.9. The SMILES string of the molecule is Cn1cc(-c2cc3c(N4CC5CC[C@H](C4)N5C4CC(C)(C#N)C4)ccnn3c2)cn1. The van der Waals surface area contributed by atoms with Gasteiger partial charge in [0.25, 0.3) is 0 Å². The maximum absolute atomic E-state index is 9.40. The molecule has 2 saturated heterocycles. The molecule has 5 heterocycles. The molecular weight excluding hydrogens is 374 g/mol. The van der Waals surface area contributed by atoms with E-state index < -0.39 is 0 Å². The minimum Gasteiger partial charge on any atom is -0.367 e. The van der Waals surface area contributed by atoms with Crippen LogP contribution in [0.1, 0.15) is 32.6 Å². The third kappa shape index (κ3) is 2.67. The lowest BCUT2D eigenvalue weighted by Crippen LogP contribution is -2.61. The number of hydrogen-bond acceptors (Lipinski definition) is 5. The van der Waals surface area contributed by atoms with E-state index in [0.717, 1.165) is 42.6 Å². The van der Waals surface area contributed by atoms with Gasteiger partial charge < -0.3 is 4.90 Å². The second-order valence-electron chi connectivity index (χ2n) is 9.65. The maximum atomic E-state index is 9.40. The standard InChI is InChI=1S/C23H27N7/c1-23(15-24)8-20(9-23)30-18-3-4-19(30)14-28(13-18)21-5-6-25-29-12-16(7-22(21)29)17-10-26-27(2)11-17/h5-7,10-12,18-20H,3-4,8-9,13-14H2,1-2H3/t18-,19?,20?,23?/m1/s1. The zero-order valence-corrected chi connectivity index (χ0v) is 17.6. The lowest BCUT2D eigenvalue weighted by Gasteiger charge is -2.52. The van der Waals surface area contributed by atoms with Crippen LogP contribution in [0.15, 0.2) is 36.9 Å². The van der Waals surface area contributed by atoms with Crippen molar-refractivity contribution in [3.8, 4) is 17.2 Å². The Balaban J connectivity index is 1.27. The number of nitriles is 1. The van der Waals surface area contributed by atoms with Crippen LogP contribution in [0.25, 0.3) is 16.6 Å². The zero-order chi connectivity index (χ0) is 20.5. The number of piperazine rings is 1. The first-order valence-electron chi connectivity index (χ1n) is 10.9. The van der Waals surface area contributed by atoms with Gasteiger partial charge in [0.05, 0.1) is 28.9 Å². The van der Waals surface area contributed by atoms with Gasteiger partial charge in [0.2, 0.25) is 0 Å². The van der Waals surface area contributed by atoms with Gasteiger partial charge in [-0.05, 0) is 44.7 Å². The molecule has 7 heteroatoms. The molecule has 3 aromatic rings. The average molecular weight is 402 g/mol. The highest BCUT2D eigenvalue weighted by molar-refractivity contribution is 5.79. The van der Waals surface area contributed by atoms with E-state index in [2.05, 4.69) is 51.3 Å². The van der Waals surface area contributed by atoms with Gasteiger partial charge >= 0.3 is 0 Å². The van der Waals surface area contributed by atoms with E-state index in [1.807, 2.05) is 34.8 Å². The van der Waals surface area contributed by atoms with Crippen LogP contribution in [0.4, 0.5) is 5.69 Å². The van der Waals surface area contributed by atoms with Crippen LogP contribution in [0.3, 0.4) is 0 Å². The molecule has 2 atom stereocenters. The van der Waals surface area contributed by atoms with E-state index in [0.29, 0.717) is 18.1 Å². The first kappa shape index (κ1) is 18.0. The fourth-order valence-corrected chi connectivity index (χ4v) is 6.01.